The van der Waals surface area contributed by atoms with Gasteiger partial charge in [-0.1, -0.05) is 18.9 Å². The monoisotopic (exact) mass is 308 g/mol. The number of sulfonamides is 1. The smallest absolute Gasteiger partial charge is 0.241 e. The van der Waals surface area contributed by atoms with E-state index in [1.807, 2.05) is 6.07 Å². The Morgan fingerprint density at radius 1 is 1.38 bits per heavy atom. The Hall–Kier alpha value is -1.42. The van der Waals surface area contributed by atoms with Gasteiger partial charge in [-0.05, 0) is 43.4 Å². The molecule has 2 unspecified atom stereocenters. The summed E-state index contributed by atoms with van der Waals surface area (Å²) in [5, 5.41) is 18.3. The van der Waals surface area contributed by atoms with Crippen molar-refractivity contribution in [2.75, 3.05) is 6.61 Å². The van der Waals surface area contributed by atoms with E-state index in [4.69, 9.17) is 5.26 Å². The molecule has 0 aromatic heterocycles. The fraction of sp³-hybridized carbons (Fsp3) is 0.533. The van der Waals surface area contributed by atoms with Crippen molar-refractivity contribution in [2.24, 2.45) is 5.92 Å². The molecule has 6 heteroatoms. The second kappa shape index (κ2) is 6.56. The standard InChI is InChI=1S/C15H20N2O3S/c1-11-6-7-12(9-16)8-15(11)21(19,20)17-14-5-3-2-4-13(14)10-18/h6-8,13-14,17-18H,2-5,10H2,1H3. The first-order valence-electron chi connectivity index (χ1n) is 7.12. The molecule has 0 bridgehead atoms. The molecule has 0 spiro atoms. The predicted octanol–water partition coefficient (Wildman–Crippen LogP) is 1.70. The Balaban J connectivity index is 2.28. The summed E-state index contributed by atoms with van der Waals surface area (Å²) in [5.74, 6) is -0.0343. The number of benzene rings is 1. The van der Waals surface area contributed by atoms with Crippen molar-refractivity contribution < 1.29 is 13.5 Å². The van der Waals surface area contributed by atoms with Gasteiger partial charge in [-0.25, -0.2) is 13.1 Å². The Morgan fingerprint density at radius 3 is 2.76 bits per heavy atom. The molecule has 0 heterocycles. The maximum atomic E-state index is 12.5. The van der Waals surface area contributed by atoms with Crippen LogP contribution >= 0.6 is 0 Å². The molecule has 1 fully saturated rings. The Kier molecular flexibility index (Phi) is 4.99. The number of nitriles is 1. The zero-order valence-corrected chi connectivity index (χ0v) is 12.9. The molecule has 1 aromatic carbocycles. The van der Waals surface area contributed by atoms with Gasteiger partial charge in [0.1, 0.15) is 0 Å². The van der Waals surface area contributed by atoms with E-state index in [1.165, 1.54) is 6.07 Å². The van der Waals surface area contributed by atoms with Gasteiger partial charge in [0.25, 0.3) is 0 Å². The first-order valence-corrected chi connectivity index (χ1v) is 8.60. The van der Waals surface area contributed by atoms with E-state index in [0.29, 0.717) is 11.1 Å². The maximum Gasteiger partial charge on any atom is 0.241 e. The van der Waals surface area contributed by atoms with Crippen LogP contribution in [0.5, 0.6) is 0 Å². The minimum atomic E-state index is -3.68. The molecule has 1 aliphatic rings. The molecule has 0 amide bonds. The van der Waals surface area contributed by atoms with Gasteiger partial charge in [-0.15, -0.1) is 0 Å². The first-order chi connectivity index (χ1) is 9.97. The second-order valence-corrected chi connectivity index (χ2v) is 7.23. The highest BCUT2D eigenvalue weighted by Gasteiger charge is 2.29. The van der Waals surface area contributed by atoms with E-state index in [-0.39, 0.29) is 23.5 Å². The number of hydrogen-bond donors (Lipinski definition) is 2. The van der Waals surface area contributed by atoms with Crippen LogP contribution in [-0.2, 0) is 10.0 Å². The van der Waals surface area contributed by atoms with Crippen molar-refractivity contribution in [1.29, 1.82) is 5.26 Å². The number of nitrogens with zero attached hydrogens (tertiary/aromatic N) is 1. The zero-order valence-electron chi connectivity index (χ0n) is 12.0. The second-order valence-electron chi connectivity index (χ2n) is 5.55. The molecule has 5 nitrogen and oxygen atoms in total. The molecule has 0 saturated heterocycles. The molecular formula is C15H20N2O3S. The van der Waals surface area contributed by atoms with E-state index < -0.39 is 10.0 Å². The van der Waals surface area contributed by atoms with Gasteiger partial charge >= 0.3 is 0 Å². The molecule has 0 aliphatic heterocycles. The lowest BCUT2D eigenvalue weighted by Gasteiger charge is -2.30. The van der Waals surface area contributed by atoms with E-state index in [2.05, 4.69) is 4.72 Å². The molecule has 1 aliphatic carbocycles. The summed E-state index contributed by atoms with van der Waals surface area (Å²) in [6, 6.07) is 6.36. The Bertz CT molecular complexity index is 649. The molecule has 2 atom stereocenters. The number of aliphatic hydroxyl groups is 1. The van der Waals surface area contributed by atoms with Crippen molar-refractivity contribution in [3.05, 3.63) is 29.3 Å². The summed E-state index contributed by atoms with van der Waals surface area (Å²) in [6.45, 7) is 1.70. The van der Waals surface area contributed by atoms with Crippen molar-refractivity contribution >= 4 is 10.0 Å². The number of rotatable bonds is 4. The van der Waals surface area contributed by atoms with Gasteiger partial charge in [0.2, 0.25) is 10.0 Å². The summed E-state index contributed by atoms with van der Waals surface area (Å²) in [4.78, 5) is 0.142. The van der Waals surface area contributed by atoms with Crippen LogP contribution in [0, 0.1) is 24.2 Å². The average molecular weight is 308 g/mol. The van der Waals surface area contributed by atoms with Crippen molar-refractivity contribution in [3.63, 3.8) is 0 Å². The van der Waals surface area contributed by atoms with Crippen molar-refractivity contribution in [1.82, 2.24) is 4.72 Å². The number of nitrogens with one attached hydrogen (secondary N) is 1. The molecule has 114 valence electrons. The van der Waals surface area contributed by atoms with Gasteiger partial charge in [-0.2, -0.15) is 5.26 Å². The van der Waals surface area contributed by atoms with E-state index in [9.17, 15) is 13.5 Å². The van der Waals surface area contributed by atoms with Crippen LogP contribution in [0.1, 0.15) is 36.8 Å². The van der Waals surface area contributed by atoms with Gasteiger partial charge in [0, 0.05) is 12.6 Å². The fourth-order valence-electron chi connectivity index (χ4n) is 2.80. The molecule has 2 N–H and O–H groups in total. The number of hydrogen-bond acceptors (Lipinski definition) is 4. The highest BCUT2D eigenvalue weighted by molar-refractivity contribution is 7.89. The van der Waals surface area contributed by atoms with E-state index in [1.54, 1.807) is 19.1 Å². The quantitative estimate of drug-likeness (QED) is 0.885. The van der Waals surface area contributed by atoms with Crippen LogP contribution < -0.4 is 4.72 Å². The summed E-state index contributed by atoms with van der Waals surface area (Å²) < 4.78 is 27.8. The summed E-state index contributed by atoms with van der Waals surface area (Å²) in [7, 11) is -3.68. The third-order valence-corrected chi connectivity index (χ3v) is 5.69. The minimum Gasteiger partial charge on any atom is -0.396 e. The van der Waals surface area contributed by atoms with Gasteiger partial charge in [0.05, 0.1) is 16.5 Å². The first kappa shape index (κ1) is 16.0. The van der Waals surface area contributed by atoms with Crippen LogP contribution in [0.4, 0.5) is 0 Å². The van der Waals surface area contributed by atoms with Crippen LogP contribution in [0.3, 0.4) is 0 Å². The summed E-state index contributed by atoms with van der Waals surface area (Å²) >= 11 is 0. The lowest BCUT2D eigenvalue weighted by molar-refractivity contribution is 0.164. The van der Waals surface area contributed by atoms with Gasteiger partial charge in [0.15, 0.2) is 0 Å². The Morgan fingerprint density at radius 2 is 2.10 bits per heavy atom. The van der Waals surface area contributed by atoms with Crippen LogP contribution in [0.2, 0.25) is 0 Å². The minimum absolute atomic E-state index is 0.00952. The molecule has 2 rings (SSSR count). The van der Waals surface area contributed by atoms with Crippen LogP contribution in [0.25, 0.3) is 0 Å². The summed E-state index contributed by atoms with van der Waals surface area (Å²) in [5.41, 5.74) is 0.932. The topological polar surface area (TPSA) is 90.2 Å². The third-order valence-electron chi connectivity index (χ3n) is 4.06. The Labute approximate surface area is 125 Å². The lowest BCUT2D eigenvalue weighted by atomic mass is 9.86. The normalized spacial score (nSPS) is 22.7. The lowest BCUT2D eigenvalue weighted by Crippen LogP contribution is -2.43. The SMILES string of the molecule is Cc1ccc(C#N)cc1S(=O)(=O)NC1CCCCC1CO. The molecule has 21 heavy (non-hydrogen) atoms. The van der Waals surface area contributed by atoms with Crippen LogP contribution in [-0.4, -0.2) is 26.2 Å². The maximum absolute atomic E-state index is 12.5. The molecular weight excluding hydrogens is 288 g/mol. The molecule has 1 aromatic rings. The van der Waals surface area contributed by atoms with Crippen molar-refractivity contribution in [3.8, 4) is 6.07 Å². The zero-order chi connectivity index (χ0) is 15.5. The third kappa shape index (κ3) is 3.62. The predicted molar refractivity (Wildman–Crippen MR) is 79.0 cm³/mol. The molecule has 0 radical (unpaired) electrons. The highest BCUT2D eigenvalue weighted by atomic mass is 32.2. The largest absolute Gasteiger partial charge is 0.396 e. The highest BCUT2D eigenvalue weighted by Crippen LogP contribution is 2.26. The number of aliphatic hydroxyl groups excluding tert-OH is 1. The molecule has 1 saturated carbocycles. The summed E-state index contributed by atoms with van der Waals surface area (Å²) in [6.07, 6.45) is 3.55. The van der Waals surface area contributed by atoms with Gasteiger partial charge in [-0.3, -0.25) is 0 Å². The van der Waals surface area contributed by atoms with Gasteiger partial charge < -0.3 is 5.11 Å². The fourth-order valence-corrected chi connectivity index (χ4v) is 4.41. The average Bonchev–Trinajstić information content (AvgIpc) is 2.47. The van der Waals surface area contributed by atoms with Crippen molar-refractivity contribution in [2.45, 2.75) is 43.5 Å². The van der Waals surface area contributed by atoms with Crippen LogP contribution in [0.15, 0.2) is 23.1 Å². The van der Waals surface area contributed by atoms with E-state index in [0.717, 1.165) is 25.7 Å². The van der Waals surface area contributed by atoms with E-state index >= 15 is 0 Å². The number of aryl methyl sites for hydroxylation is 1.